The Hall–Kier alpha value is -3.25. The fourth-order valence-electron chi connectivity index (χ4n) is 3.07. The fourth-order valence-corrected chi connectivity index (χ4v) is 4.04. The molecule has 0 radical (unpaired) electrons. The van der Waals surface area contributed by atoms with Crippen molar-refractivity contribution in [2.24, 2.45) is 5.10 Å². The number of benzene rings is 3. The number of rotatable bonds is 3. The van der Waals surface area contributed by atoms with E-state index in [1.807, 2.05) is 37.3 Å². The summed E-state index contributed by atoms with van der Waals surface area (Å²) in [6, 6.07) is 22.6. The van der Waals surface area contributed by atoms with Crippen molar-refractivity contribution >= 4 is 45.8 Å². The van der Waals surface area contributed by atoms with Gasteiger partial charge in [0.05, 0.1) is 28.1 Å². The van der Waals surface area contributed by atoms with Gasteiger partial charge in [-0.3, -0.25) is 0 Å². The van der Waals surface area contributed by atoms with E-state index < -0.39 is 0 Å². The zero-order valence-electron chi connectivity index (χ0n) is 14.7. The minimum Gasteiger partial charge on any atom is -0.354 e. The zero-order valence-corrected chi connectivity index (χ0v) is 15.5. The van der Waals surface area contributed by atoms with E-state index in [1.54, 1.807) is 11.8 Å². The number of fused-ring (bicyclic) bond motifs is 3. The van der Waals surface area contributed by atoms with Crippen LogP contribution < -0.4 is 10.7 Å². The van der Waals surface area contributed by atoms with Gasteiger partial charge in [-0.15, -0.1) is 0 Å². The number of hydrogen-bond acceptors (Lipinski definition) is 5. The largest absolute Gasteiger partial charge is 0.354 e. The molecule has 3 N–H and O–H groups in total. The average molecular weight is 371 g/mol. The Morgan fingerprint density at radius 2 is 1.78 bits per heavy atom. The van der Waals surface area contributed by atoms with Crippen molar-refractivity contribution in [1.82, 2.24) is 9.97 Å². The minimum absolute atomic E-state index is 0.635. The first-order valence-corrected chi connectivity index (χ1v) is 9.51. The maximum Gasteiger partial charge on any atom is 0.222 e. The first-order chi connectivity index (χ1) is 13.3. The van der Waals surface area contributed by atoms with Gasteiger partial charge in [0.1, 0.15) is 0 Å². The molecule has 6 heteroatoms. The highest BCUT2D eigenvalue weighted by Gasteiger charge is 2.15. The van der Waals surface area contributed by atoms with Crippen LogP contribution in [0.1, 0.15) is 12.5 Å². The number of anilines is 3. The van der Waals surface area contributed by atoms with E-state index in [2.05, 4.69) is 62.2 Å². The lowest BCUT2D eigenvalue weighted by Crippen LogP contribution is -2.04. The van der Waals surface area contributed by atoms with Gasteiger partial charge in [-0.25, -0.2) is 10.4 Å². The first kappa shape index (κ1) is 16.0. The van der Waals surface area contributed by atoms with Crippen LogP contribution in [0.2, 0.25) is 0 Å². The molecular weight excluding hydrogens is 354 g/mol. The van der Waals surface area contributed by atoms with E-state index in [-0.39, 0.29) is 0 Å². The molecule has 1 aliphatic heterocycles. The van der Waals surface area contributed by atoms with E-state index in [1.165, 1.54) is 9.79 Å². The lowest BCUT2D eigenvalue weighted by atomic mass is 10.1. The molecule has 0 amide bonds. The van der Waals surface area contributed by atoms with Gasteiger partial charge in [0.2, 0.25) is 5.95 Å². The van der Waals surface area contributed by atoms with Crippen molar-refractivity contribution in [3.05, 3.63) is 72.3 Å². The average Bonchev–Trinajstić information content (AvgIpc) is 3.13. The van der Waals surface area contributed by atoms with E-state index in [9.17, 15) is 0 Å². The van der Waals surface area contributed by atoms with Crippen LogP contribution >= 0.6 is 11.8 Å². The standard InChI is InChI=1S/C21H17N5S/c1-13(25-26-21-23-15-6-2-3-7-16(15)24-21)14-10-11-20-18(12-14)22-17-8-4-5-9-19(17)27-20/h2-12,22H,1H3,(H2,23,24,26). The summed E-state index contributed by atoms with van der Waals surface area (Å²) in [5, 5.41) is 8.00. The normalized spacial score (nSPS) is 13.0. The molecule has 3 aromatic carbocycles. The maximum absolute atomic E-state index is 4.49. The molecule has 2 heterocycles. The van der Waals surface area contributed by atoms with Crippen LogP contribution in [0.5, 0.6) is 0 Å². The first-order valence-electron chi connectivity index (χ1n) is 8.70. The Kier molecular flexibility index (Phi) is 3.83. The lowest BCUT2D eigenvalue weighted by molar-refractivity contribution is 1.20. The Morgan fingerprint density at radius 3 is 2.70 bits per heavy atom. The van der Waals surface area contributed by atoms with Gasteiger partial charge in [0, 0.05) is 9.79 Å². The molecule has 0 spiro atoms. The Bertz CT molecular complexity index is 1150. The molecule has 5 rings (SSSR count). The Labute approximate surface area is 160 Å². The van der Waals surface area contributed by atoms with Gasteiger partial charge in [-0.2, -0.15) is 5.10 Å². The van der Waals surface area contributed by atoms with Crippen LogP contribution in [-0.2, 0) is 0 Å². The van der Waals surface area contributed by atoms with Gasteiger partial charge in [0.15, 0.2) is 0 Å². The highest BCUT2D eigenvalue weighted by atomic mass is 32.2. The third-order valence-corrected chi connectivity index (χ3v) is 5.64. The molecule has 0 atom stereocenters. The van der Waals surface area contributed by atoms with Crippen LogP contribution in [0, 0.1) is 0 Å². The monoisotopic (exact) mass is 371 g/mol. The van der Waals surface area contributed by atoms with Crippen molar-refractivity contribution < 1.29 is 0 Å². The zero-order chi connectivity index (χ0) is 18.2. The number of aromatic nitrogens is 2. The number of para-hydroxylation sites is 3. The molecule has 1 aliphatic rings. The topological polar surface area (TPSA) is 65.1 Å². The summed E-state index contributed by atoms with van der Waals surface area (Å²) in [6.45, 7) is 1.99. The summed E-state index contributed by atoms with van der Waals surface area (Å²) in [4.78, 5) is 10.2. The molecule has 27 heavy (non-hydrogen) atoms. The molecule has 0 saturated carbocycles. The van der Waals surface area contributed by atoms with Gasteiger partial charge in [-0.05, 0) is 48.9 Å². The van der Waals surface area contributed by atoms with Crippen LogP contribution in [0.3, 0.4) is 0 Å². The van der Waals surface area contributed by atoms with Crippen molar-refractivity contribution in [2.75, 3.05) is 10.7 Å². The van der Waals surface area contributed by atoms with Crippen molar-refractivity contribution in [3.8, 4) is 0 Å². The molecule has 0 saturated heterocycles. The second-order valence-corrected chi connectivity index (χ2v) is 7.43. The molecule has 132 valence electrons. The maximum atomic E-state index is 4.49. The van der Waals surface area contributed by atoms with Gasteiger partial charge >= 0.3 is 0 Å². The number of aromatic amines is 1. The molecule has 0 bridgehead atoms. The number of hydrazone groups is 1. The van der Waals surface area contributed by atoms with Crippen LogP contribution in [0.4, 0.5) is 17.3 Å². The highest BCUT2D eigenvalue weighted by Crippen LogP contribution is 2.44. The predicted molar refractivity (Wildman–Crippen MR) is 112 cm³/mol. The molecule has 0 unspecified atom stereocenters. The second-order valence-electron chi connectivity index (χ2n) is 6.35. The summed E-state index contributed by atoms with van der Waals surface area (Å²) in [7, 11) is 0. The summed E-state index contributed by atoms with van der Waals surface area (Å²) < 4.78 is 0. The van der Waals surface area contributed by atoms with E-state index in [4.69, 9.17) is 0 Å². The predicted octanol–water partition coefficient (Wildman–Crippen LogP) is 5.61. The number of hydrogen-bond donors (Lipinski definition) is 3. The van der Waals surface area contributed by atoms with Crippen molar-refractivity contribution in [2.45, 2.75) is 16.7 Å². The van der Waals surface area contributed by atoms with E-state index in [0.29, 0.717) is 5.95 Å². The van der Waals surface area contributed by atoms with Gasteiger partial charge in [0.25, 0.3) is 0 Å². The molecule has 0 aliphatic carbocycles. The van der Waals surface area contributed by atoms with Crippen molar-refractivity contribution in [1.29, 1.82) is 0 Å². The Balaban J connectivity index is 1.39. The number of H-pyrrole nitrogens is 1. The number of imidazole rings is 1. The van der Waals surface area contributed by atoms with Gasteiger partial charge in [-0.1, -0.05) is 42.1 Å². The number of nitrogens with one attached hydrogen (secondary N) is 3. The molecular formula is C21H17N5S. The lowest BCUT2D eigenvalue weighted by Gasteiger charge is -2.21. The quantitative estimate of drug-likeness (QED) is 0.285. The van der Waals surface area contributed by atoms with Crippen molar-refractivity contribution in [3.63, 3.8) is 0 Å². The molecule has 1 aromatic heterocycles. The van der Waals surface area contributed by atoms with Crippen LogP contribution in [0.15, 0.2) is 81.6 Å². The minimum atomic E-state index is 0.635. The van der Waals surface area contributed by atoms with Crippen LogP contribution in [0.25, 0.3) is 11.0 Å². The smallest absolute Gasteiger partial charge is 0.222 e. The third-order valence-electron chi connectivity index (χ3n) is 4.49. The fraction of sp³-hybridized carbons (Fsp3) is 0.0476. The molecule has 4 aromatic rings. The summed E-state index contributed by atoms with van der Waals surface area (Å²) in [5.41, 5.74) is 9.13. The molecule has 0 fully saturated rings. The second kappa shape index (κ2) is 6.48. The summed E-state index contributed by atoms with van der Waals surface area (Å²) >= 11 is 1.78. The summed E-state index contributed by atoms with van der Waals surface area (Å²) in [6.07, 6.45) is 0. The third kappa shape index (κ3) is 3.04. The number of nitrogens with zero attached hydrogens (tertiary/aromatic N) is 2. The highest BCUT2D eigenvalue weighted by molar-refractivity contribution is 7.99. The molecule has 5 nitrogen and oxygen atoms in total. The Morgan fingerprint density at radius 1 is 0.963 bits per heavy atom. The van der Waals surface area contributed by atoms with Crippen LogP contribution in [-0.4, -0.2) is 15.7 Å². The van der Waals surface area contributed by atoms with E-state index >= 15 is 0 Å². The van der Waals surface area contributed by atoms with E-state index in [0.717, 1.165) is 33.7 Å². The summed E-state index contributed by atoms with van der Waals surface area (Å²) in [5.74, 6) is 0.635. The SMILES string of the molecule is CC(=NNc1nc2ccccc2[nH]1)c1ccc2c(c1)Nc1ccccc1S2. The van der Waals surface area contributed by atoms with Gasteiger partial charge < -0.3 is 10.3 Å².